The molecule has 1 N–H and O–H groups in total. The molecule has 1 heterocycles. The Bertz CT molecular complexity index is 902. The average Bonchev–Trinajstić information content (AvgIpc) is 2.64. The highest BCUT2D eigenvalue weighted by atomic mass is 16.5. The molecule has 0 amide bonds. The minimum Gasteiger partial charge on any atom is -0.619 e. The first kappa shape index (κ1) is 24.9. The second-order valence-electron chi connectivity index (χ2n) is 10.7. The largest absolute Gasteiger partial charge is 0.619 e. The number of allylic oxidation sites excluding steroid dienone is 1. The van der Waals surface area contributed by atoms with Crippen molar-refractivity contribution < 1.29 is 24.3 Å². The van der Waals surface area contributed by atoms with Crippen molar-refractivity contribution in [1.82, 2.24) is 5.06 Å². The number of aromatic nitrogens is 1. The lowest BCUT2D eigenvalue weighted by molar-refractivity contribution is -0.605. The van der Waals surface area contributed by atoms with Crippen molar-refractivity contribution in [1.29, 1.82) is 0 Å². The molecule has 0 bridgehead atoms. The highest BCUT2D eigenvalue weighted by Gasteiger charge is 2.68. The van der Waals surface area contributed by atoms with E-state index in [0.717, 1.165) is 5.06 Å². The first-order chi connectivity index (χ1) is 13.9. The van der Waals surface area contributed by atoms with Gasteiger partial charge in [-0.3, -0.25) is 14.4 Å². The Morgan fingerprint density at radius 3 is 1.77 bits per heavy atom. The van der Waals surface area contributed by atoms with Gasteiger partial charge < -0.3 is 10.4 Å². The summed E-state index contributed by atoms with van der Waals surface area (Å²) in [6.07, 6.45) is 4.09. The van der Waals surface area contributed by atoms with Gasteiger partial charge in [-0.05, 0) is 67.9 Å². The molecule has 0 spiro atoms. The molecule has 1 fully saturated rings. The van der Waals surface area contributed by atoms with E-state index in [-0.39, 0.29) is 0 Å². The quantitative estimate of drug-likeness (QED) is 0.258. The van der Waals surface area contributed by atoms with Crippen molar-refractivity contribution in [3.8, 4) is 0 Å². The highest BCUT2D eigenvalue weighted by molar-refractivity contribution is 6.31. The Morgan fingerprint density at radius 2 is 1.42 bits per heavy atom. The van der Waals surface area contributed by atoms with Gasteiger partial charge in [0.1, 0.15) is 5.41 Å². The molecular formula is C24H34N2O5. The normalized spacial score (nSPS) is 21.2. The molecule has 7 heteroatoms. The van der Waals surface area contributed by atoms with Crippen molar-refractivity contribution >= 4 is 17.3 Å². The van der Waals surface area contributed by atoms with Gasteiger partial charge in [-0.15, -0.1) is 0 Å². The minimum absolute atomic E-state index is 0.421. The first-order valence-corrected chi connectivity index (χ1v) is 10.4. The maximum atomic E-state index is 14.0. The summed E-state index contributed by atoms with van der Waals surface area (Å²) in [5, 5.41) is 24.0. The molecule has 1 aromatic rings. The fourth-order valence-electron chi connectivity index (χ4n) is 4.63. The highest BCUT2D eigenvalue weighted by Crippen LogP contribution is 2.55. The molecular weight excluding hydrogens is 396 g/mol. The molecule has 1 aliphatic rings. The lowest BCUT2D eigenvalue weighted by Gasteiger charge is -2.52. The van der Waals surface area contributed by atoms with E-state index >= 15 is 0 Å². The molecule has 170 valence electrons. The average molecular weight is 431 g/mol. The van der Waals surface area contributed by atoms with Gasteiger partial charge in [0.2, 0.25) is 0 Å². The van der Waals surface area contributed by atoms with Crippen molar-refractivity contribution in [2.24, 2.45) is 16.2 Å². The van der Waals surface area contributed by atoms with Crippen LogP contribution in [0.3, 0.4) is 0 Å². The van der Waals surface area contributed by atoms with E-state index < -0.39 is 45.2 Å². The second kappa shape index (κ2) is 7.64. The molecule has 0 saturated heterocycles. The van der Waals surface area contributed by atoms with Crippen LogP contribution < -0.4 is 4.73 Å². The Labute approximate surface area is 184 Å². The molecule has 1 aromatic heterocycles. The number of Topliss-reactive ketones (excluding diaryl/α,β-unsaturated/α-hetero) is 3. The van der Waals surface area contributed by atoms with Gasteiger partial charge in [0.25, 0.3) is 0 Å². The number of carbonyl (C=O) groups is 3. The van der Waals surface area contributed by atoms with Crippen LogP contribution in [0, 0.1) is 21.5 Å². The Balaban J connectivity index is 3.03. The smallest absolute Gasteiger partial charge is 0.180 e. The molecule has 1 unspecified atom stereocenters. The van der Waals surface area contributed by atoms with Crippen LogP contribution in [0.25, 0.3) is 0 Å². The SMILES string of the molecule is CC(C)=CC1(C(c2cc[n+]([O-])cc2)N(O)C(C)(C)C)C(=O)C(C)(C)C(=O)C(C)(C)C1=O. The van der Waals surface area contributed by atoms with Crippen LogP contribution in [0.5, 0.6) is 0 Å². The Kier molecular flexibility index (Phi) is 6.13. The maximum Gasteiger partial charge on any atom is 0.180 e. The van der Waals surface area contributed by atoms with Gasteiger partial charge in [0.15, 0.2) is 29.7 Å². The van der Waals surface area contributed by atoms with Gasteiger partial charge in [0, 0.05) is 17.7 Å². The maximum absolute atomic E-state index is 14.0. The van der Waals surface area contributed by atoms with Gasteiger partial charge >= 0.3 is 0 Å². The summed E-state index contributed by atoms with van der Waals surface area (Å²) in [6.45, 7) is 14.9. The van der Waals surface area contributed by atoms with Crippen molar-refractivity contribution in [3.05, 3.63) is 46.9 Å². The number of hydroxylamine groups is 2. The molecule has 1 aliphatic carbocycles. The standard InChI is InChI=1S/C24H34N2O5/c1-15(2)14-24(19(28)22(6,7)18(27)23(8,9)20(24)29)17(26(31)21(3,4)5)16-10-12-25(30)13-11-16/h10-14,17,31H,1-9H3. The third-order valence-corrected chi connectivity index (χ3v) is 6.05. The van der Waals surface area contributed by atoms with Crippen LogP contribution in [0.2, 0.25) is 0 Å². The molecule has 0 aromatic carbocycles. The summed E-state index contributed by atoms with van der Waals surface area (Å²) < 4.78 is 0.592. The van der Waals surface area contributed by atoms with E-state index in [2.05, 4.69) is 0 Å². The van der Waals surface area contributed by atoms with Gasteiger partial charge in [-0.2, -0.15) is 9.79 Å². The van der Waals surface area contributed by atoms with Crippen LogP contribution in [0.1, 0.15) is 73.9 Å². The number of hydrogen-bond acceptors (Lipinski definition) is 6. The van der Waals surface area contributed by atoms with Crippen molar-refractivity contribution in [3.63, 3.8) is 0 Å². The summed E-state index contributed by atoms with van der Waals surface area (Å²) in [7, 11) is 0. The van der Waals surface area contributed by atoms with Crippen molar-refractivity contribution in [2.75, 3.05) is 0 Å². The van der Waals surface area contributed by atoms with E-state index in [1.165, 1.54) is 52.2 Å². The van der Waals surface area contributed by atoms with Crippen LogP contribution in [0.4, 0.5) is 0 Å². The van der Waals surface area contributed by atoms with Crippen LogP contribution >= 0.6 is 0 Å². The molecule has 0 radical (unpaired) electrons. The summed E-state index contributed by atoms with van der Waals surface area (Å²) in [6, 6.07) is 1.84. The fourth-order valence-corrected chi connectivity index (χ4v) is 4.63. The predicted octanol–water partition coefficient (Wildman–Crippen LogP) is 3.58. The molecule has 31 heavy (non-hydrogen) atoms. The van der Waals surface area contributed by atoms with E-state index in [9.17, 15) is 24.8 Å². The summed E-state index contributed by atoms with van der Waals surface area (Å²) in [5.41, 5.74) is -4.47. The molecule has 2 rings (SSSR count). The topological polar surface area (TPSA) is 102 Å². The predicted molar refractivity (Wildman–Crippen MR) is 116 cm³/mol. The number of pyridine rings is 1. The van der Waals surface area contributed by atoms with Gasteiger partial charge in [-0.25, -0.2) is 0 Å². The van der Waals surface area contributed by atoms with Crippen molar-refractivity contribution in [2.45, 2.75) is 73.9 Å². The molecule has 1 atom stereocenters. The number of rotatable bonds is 4. The zero-order valence-electron chi connectivity index (χ0n) is 19.9. The van der Waals surface area contributed by atoms with Gasteiger partial charge in [0.05, 0.1) is 16.9 Å². The molecule has 7 nitrogen and oxygen atoms in total. The van der Waals surface area contributed by atoms with E-state index in [0.29, 0.717) is 15.9 Å². The molecule has 1 saturated carbocycles. The Morgan fingerprint density at radius 1 is 1.00 bits per heavy atom. The number of ketones is 3. The lowest BCUT2D eigenvalue weighted by atomic mass is 9.49. The summed E-state index contributed by atoms with van der Waals surface area (Å²) in [4.78, 5) is 41.2. The van der Waals surface area contributed by atoms with E-state index in [1.807, 2.05) is 0 Å². The third-order valence-electron chi connectivity index (χ3n) is 6.05. The van der Waals surface area contributed by atoms with Gasteiger partial charge in [-0.1, -0.05) is 11.6 Å². The van der Waals surface area contributed by atoms with E-state index in [1.54, 1.807) is 40.7 Å². The summed E-state index contributed by atoms with van der Waals surface area (Å²) >= 11 is 0. The van der Waals surface area contributed by atoms with Crippen LogP contribution in [-0.2, 0) is 14.4 Å². The first-order valence-electron chi connectivity index (χ1n) is 10.4. The fraction of sp³-hybridized carbons (Fsp3) is 0.583. The zero-order valence-corrected chi connectivity index (χ0v) is 19.9. The third kappa shape index (κ3) is 3.85. The zero-order chi connectivity index (χ0) is 24.2. The molecule has 0 aliphatic heterocycles. The Hall–Kier alpha value is -2.38. The number of carbonyl (C=O) groups excluding carboxylic acids is 3. The summed E-state index contributed by atoms with van der Waals surface area (Å²) in [5.74, 6) is -1.58. The second-order valence-corrected chi connectivity index (χ2v) is 10.7. The number of hydrogen-bond donors (Lipinski definition) is 1. The van der Waals surface area contributed by atoms with E-state index in [4.69, 9.17) is 0 Å². The monoisotopic (exact) mass is 430 g/mol. The lowest BCUT2D eigenvalue weighted by Crippen LogP contribution is -2.67. The van der Waals surface area contributed by atoms with Crippen LogP contribution in [-0.4, -0.2) is 33.2 Å². The van der Waals surface area contributed by atoms with Crippen LogP contribution in [0.15, 0.2) is 36.2 Å². The number of nitrogens with zero attached hydrogens (tertiary/aromatic N) is 2. The minimum atomic E-state index is -1.84.